The molecule has 2 aromatic carbocycles. The van der Waals surface area contributed by atoms with Gasteiger partial charge >= 0.3 is 6.03 Å². The summed E-state index contributed by atoms with van der Waals surface area (Å²) in [5, 5.41) is 8.50. The molecule has 3 N–H and O–H groups in total. The Bertz CT molecular complexity index is 850. The van der Waals surface area contributed by atoms with E-state index < -0.39 is 0 Å². The fourth-order valence-electron chi connectivity index (χ4n) is 2.94. The number of carbonyl (C=O) groups excluding carboxylic acids is 2. The van der Waals surface area contributed by atoms with Crippen LogP contribution in [-0.2, 0) is 13.0 Å². The maximum absolute atomic E-state index is 12.4. The highest BCUT2D eigenvalue weighted by Gasteiger charge is 2.09. The molecular formula is C24H33N3O4. The van der Waals surface area contributed by atoms with E-state index in [0.717, 1.165) is 22.6 Å². The van der Waals surface area contributed by atoms with Crippen molar-refractivity contribution in [3.8, 4) is 11.5 Å². The Morgan fingerprint density at radius 2 is 1.52 bits per heavy atom. The number of hydrogen-bond acceptors (Lipinski definition) is 4. The molecule has 0 fully saturated rings. The van der Waals surface area contributed by atoms with Crippen molar-refractivity contribution in [1.29, 1.82) is 0 Å². The molecule has 31 heavy (non-hydrogen) atoms. The average Bonchev–Trinajstić information content (AvgIpc) is 2.74. The van der Waals surface area contributed by atoms with Crippen LogP contribution in [0.3, 0.4) is 0 Å². The molecule has 0 bridgehead atoms. The normalized spacial score (nSPS) is 10.5. The van der Waals surface area contributed by atoms with Crippen LogP contribution >= 0.6 is 0 Å². The van der Waals surface area contributed by atoms with Crippen molar-refractivity contribution in [3.05, 3.63) is 59.2 Å². The third-order valence-corrected chi connectivity index (χ3v) is 4.40. The molecule has 0 unspecified atom stereocenters. The predicted molar refractivity (Wildman–Crippen MR) is 122 cm³/mol. The van der Waals surface area contributed by atoms with Crippen molar-refractivity contribution in [2.24, 2.45) is 0 Å². The van der Waals surface area contributed by atoms with Crippen molar-refractivity contribution in [3.63, 3.8) is 0 Å². The summed E-state index contributed by atoms with van der Waals surface area (Å²) in [5.74, 6) is 1.32. The summed E-state index contributed by atoms with van der Waals surface area (Å²) in [6.07, 6.45) is 0.686. The number of nitrogens with one attached hydrogen (secondary N) is 3. The molecule has 0 aliphatic carbocycles. The smallest absolute Gasteiger partial charge is 0.315 e. The summed E-state index contributed by atoms with van der Waals surface area (Å²) in [5.41, 5.74) is 2.57. The average molecular weight is 428 g/mol. The van der Waals surface area contributed by atoms with Crippen molar-refractivity contribution in [2.75, 3.05) is 19.8 Å². The molecular weight excluding hydrogens is 394 g/mol. The zero-order valence-electron chi connectivity index (χ0n) is 18.8. The summed E-state index contributed by atoms with van der Waals surface area (Å²) in [4.78, 5) is 24.1. The van der Waals surface area contributed by atoms with Crippen molar-refractivity contribution in [2.45, 2.75) is 46.7 Å². The van der Waals surface area contributed by atoms with Gasteiger partial charge in [-0.15, -0.1) is 0 Å². The van der Waals surface area contributed by atoms with Crippen molar-refractivity contribution >= 4 is 11.9 Å². The van der Waals surface area contributed by atoms with Gasteiger partial charge in [0.1, 0.15) is 0 Å². The van der Waals surface area contributed by atoms with Crippen LogP contribution < -0.4 is 25.4 Å². The molecule has 0 spiro atoms. The van der Waals surface area contributed by atoms with E-state index in [2.05, 4.69) is 16.0 Å². The Hall–Kier alpha value is -3.22. The lowest BCUT2D eigenvalue weighted by molar-refractivity contribution is 0.0954. The molecule has 0 saturated heterocycles. The van der Waals surface area contributed by atoms with Crippen LogP contribution in [0.5, 0.6) is 11.5 Å². The highest BCUT2D eigenvalue weighted by Crippen LogP contribution is 2.28. The van der Waals surface area contributed by atoms with E-state index in [0.29, 0.717) is 38.3 Å². The van der Waals surface area contributed by atoms with Gasteiger partial charge in [0.15, 0.2) is 11.5 Å². The second-order valence-corrected chi connectivity index (χ2v) is 7.33. The SMILES string of the molecule is CCOc1ccc(CCNC(=O)c2ccc(CNC(=O)NC(C)C)cc2)cc1OCC. The molecule has 2 rings (SSSR count). The Labute approximate surface area is 184 Å². The molecule has 0 aliphatic heterocycles. The van der Waals surface area contributed by atoms with E-state index in [1.54, 1.807) is 12.1 Å². The fourth-order valence-corrected chi connectivity index (χ4v) is 2.94. The predicted octanol–water partition coefficient (Wildman–Crippen LogP) is 3.66. The highest BCUT2D eigenvalue weighted by atomic mass is 16.5. The first-order chi connectivity index (χ1) is 14.9. The minimum absolute atomic E-state index is 0.0828. The number of urea groups is 1. The molecule has 0 saturated carbocycles. The van der Waals surface area contributed by atoms with Gasteiger partial charge in [-0.05, 0) is 69.5 Å². The molecule has 3 amide bonds. The van der Waals surface area contributed by atoms with Gasteiger partial charge in [-0.3, -0.25) is 4.79 Å². The quantitative estimate of drug-likeness (QED) is 0.511. The molecule has 0 heterocycles. The summed E-state index contributed by atoms with van der Waals surface area (Å²) in [6, 6.07) is 12.9. The van der Waals surface area contributed by atoms with E-state index >= 15 is 0 Å². The lowest BCUT2D eigenvalue weighted by Crippen LogP contribution is -2.39. The zero-order chi connectivity index (χ0) is 22.6. The number of carbonyl (C=O) groups is 2. The van der Waals surface area contributed by atoms with Gasteiger partial charge in [-0.25, -0.2) is 4.79 Å². The maximum atomic E-state index is 12.4. The Balaban J connectivity index is 1.83. The topological polar surface area (TPSA) is 88.7 Å². The van der Waals surface area contributed by atoms with Crippen LogP contribution in [0.1, 0.15) is 49.2 Å². The molecule has 0 radical (unpaired) electrons. The number of ether oxygens (including phenoxy) is 2. The van der Waals surface area contributed by atoms with Crippen molar-refractivity contribution < 1.29 is 19.1 Å². The van der Waals surface area contributed by atoms with E-state index in [9.17, 15) is 9.59 Å². The molecule has 0 aromatic heterocycles. The third-order valence-electron chi connectivity index (χ3n) is 4.40. The van der Waals surface area contributed by atoms with Gasteiger partial charge in [-0.1, -0.05) is 18.2 Å². The summed E-state index contributed by atoms with van der Waals surface area (Å²) >= 11 is 0. The second kappa shape index (κ2) is 12.5. The Morgan fingerprint density at radius 3 is 2.16 bits per heavy atom. The van der Waals surface area contributed by atoms with Gasteiger partial charge in [0.2, 0.25) is 0 Å². The van der Waals surface area contributed by atoms with Crippen LogP contribution in [0, 0.1) is 0 Å². The lowest BCUT2D eigenvalue weighted by atomic mass is 10.1. The van der Waals surface area contributed by atoms with Gasteiger partial charge < -0.3 is 25.4 Å². The van der Waals surface area contributed by atoms with Crippen LogP contribution in [0.4, 0.5) is 4.79 Å². The second-order valence-electron chi connectivity index (χ2n) is 7.33. The monoisotopic (exact) mass is 427 g/mol. The number of hydrogen-bond donors (Lipinski definition) is 3. The van der Waals surface area contributed by atoms with Gasteiger partial charge in [0, 0.05) is 24.7 Å². The number of amides is 3. The van der Waals surface area contributed by atoms with E-state index in [4.69, 9.17) is 9.47 Å². The minimum Gasteiger partial charge on any atom is -0.490 e. The van der Waals surface area contributed by atoms with E-state index in [1.165, 1.54) is 0 Å². The number of rotatable bonds is 11. The van der Waals surface area contributed by atoms with E-state index in [-0.39, 0.29) is 18.0 Å². The standard InChI is InChI=1S/C24H33N3O4/c1-5-30-21-12-9-18(15-22(21)31-6-2)13-14-25-23(28)20-10-7-19(8-11-20)16-26-24(29)27-17(3)4/h7-12,15,17H,5-6,13-14,16H2,1-4H3,(H,25,28)(H2,26,27,29). The minimum atomic E-state index is -0.210. The molecule has 7 nitrogen and oxygen atoms in total. The summed E-state index contributed by atoms with van der Waals surface area (Å²) in [7, 11) is 0. The van der Waals surface area contributed by atoms with Gasteiger partial charge in [0.25, 0.3) is 5.91 Å². The van der Waals surface area contributed by atoms with Crippen LogP contribution in [0.15, 0.2) is 42.5 Å². The summed E-state index contributed by atoms with van der Waals surface area (Å²) < 4.78 is 11.2. The van der Waals surface area contributed by atoms with Crippen LogP contribution in [0.2, 0.25) is 0 Å². The van der Waals surface area contributed by atoms with E-state index in [1.807, 2.05) is 58.0 Å². The molecule has 0 aliphatic rings. The first-order valence-electron chi connectivity index (χ1n) is 10.7. The van der Waals surface area contributed by atoms with Gasteiger partial charge in [-0.2, -0.15) is 0 Å². The van der Waals surface area contributed by atoms with Gasteiger partial charge in [0.05, 0.1) is 13.2 Å². The zero-order valence-corrected chi connectivity index (χ0v) is 18.8. The largest absolute Gasteiger partial charge is 0.490 e. The fraction of sp³-hybridized carbons (Fsp3) is 0.417. The molecule has 168 valence electrons. The molecule has 2 aromatic rings. The lowest BCUT2D eigenvalue weighted by Gasteiger charge is -2.13. The maximum Gasteiger partial charge on any atom is 0.315 e. The molecule has 7 heteroatoms. The summed E-state index contributed by atoms with van der Waals surface area (Å²) in [6.45, 7) is 9.73. The first kappa shape index (κ1) is 24.1. The molecule has 0 atom stereocenters. The Kier molecular flexibility index (Phi) is 9.68. The number of benzene rings is 2. The van der Waals surface area contributed by atoms with Crippen LogP contribution in [-0.4, -0.2) is 37.7 Å². The first-order valence-corrected chi connectivity index (χ1v) is 10.7. The highest BCUT2D eigenvalue weighted by molar-refractivity contribution is 5.94. The van der Waals surface area contributed by atoms with Crippen molar-refractivity contribution in [1.82, 2.24) is 16.0 Å². The Morgan fingerprint density at radius 1 is 0.871 bits per heavy atom. The van der Waals surface area contributed by atoms with Crippen LogP contribution in [0.25, 0.3) is 0 Å². The third kappa shape index (κ3) is 8.20.